The molecule has 0 aliphatic heterocycles. The van der Waals surface area contributed by atoms with Crippen molar-refractivity contribution in [1.29, 1.82) is 0 Å². The van der Waals surface area contributed by atoms with Gasteiger partial charge in [0.2, 0.25) is 0 Å². The van der Waals surface area contributed by atoms with Gasteiger partial charge in [0.15, 0.2) is 0 Å². The van der Waals surface area contributed by atoms with Crippen LogP contribution in [-0.2, 0) is 18.4 Å². The van der Waals surface area contributed by atoms with Gasteiger partial charge in [0.25, 0.3) is 16.6 Å². The van der Waals surface area contributed by atoms with Gasteiger partial charge in [-0.25, -0.2) is 0 Å². The van der Waals surface area contributed by atoms with Crippen LogP contribution in [0.1, 0.15) is 61.3 Å². The third-order valence-corrected chi connectivity index (χ3v) is 19.8. The Balaban J connectivity index is 1.64. The number of allylic oxidation sites excluding steroid dienone is 3. The molecule has 5 rings (SSSR count). The van der Waals surface area contributed by atoms with E-state index in [1.54, 1.807) is 6.26 Å². The lowest BCUT2D eigenvalue weighted by molar-refractivity contribution is -0.135. The van der Waals surface area contributed by atoms with Crippen LogP contribution in [0.2, 0.25) is 10.1 Å². The SMILES string of the molecule is CC(=O)O/C=C1\C=CCC(CO[Si](c2ccccc2)(c2ccccc2)C(C)(C)C)(CO[Si](c2ccccc2)(c2ccccc2)C(C)(C)C)C1. The summed E-state index contributed by atoms with van der Waals surface area (Å²) >= 11 is 0. The summed E-state index contributed by atoms with van der Waals surface area (Å²) in [6, 6.07) is 43.2. The Hall–Kier alpha value is -3.82. The van der Waals surface area contributed by atoms with Crippen molar-refractivity contribution in [2.45, 2.75) is 71.4 Å². The van der Waals surface area contributed by atoms with E-state index in [1.807, 2.05) is 0 Å². The Bertz CT molecular complexity index is 1540. The molecule has 4 nitrogen and oxygen atoms in total. The van der Waals surface area contributed by atoms with Gasteiger partial charge in [-0.3, -0.25) is 4.79 Å². The monoisotopic (exact) mass is 688 g/mol. The highest BCUT2D eigenvalue weighted by Crippen LogP contribution is 2.44. The zero-order valence-corrected chi connectivity index (χ0v) is 32.2. The molecular formula is C43H52O4Si2. The summed E-state index contributed by atoms with van der Waals surface area (Å²) in [5.74, 6) is -0.329. The molecule has 0 bridgehead atoms. The maximum Gasteiger partial charge on any atom is 0.307 e. The van der Waals surface area contributed by atoms with Gasteiger partial charge in [0, 0.05) is 25.6 Å². The molecule has 0 fully saturated rings. The average Bonchev–Trinajstić information content (AvgIpc) is 3.09. The first kappa shape index (κ1) is 36.5. The van der Waals surface area contributed by atoms with Crippen LogP contribution >= 0.6 is 0 Å². The van der Waals surface area contributed by atoms with E-state index in [1.165, 1.54) is 27.7 Å². The third kappa shape index (κ3) is 7.68. The fourth-order valence-corrected chi connectivity index (χ4v) is 16.9. The van der Waals surface area contributed by atoms with Crippen molar-refractivity contribution in [3.63, 3.8) is 0 Å². The smallest absolute Gasteiger partial charge is 0.307 e. The molecule has 49 heavy (non-hydrogen) atoms. The summed E-state index contributed by atoms with van der Waals surface area (Å²) < 4.78 is 20.7. The molecule has 6 heteroatoms. The van der Waals surface area contributed by atoms with E-state index < -0.39 is 22.0 Å². The van der Waals surface area contributed by atoms with Crippen molar-refractivity contribution in [2.24, 2.45) is 5.41 Å². The molecule has 0 atom stereocenters. The van der Waals surface area contributed by atoms with Gasteiger partial charge in [-0.2, -0.15) is 0 Å². The normalized spacial score (nSPS) is 16.0. The Morgan fingerprint density at radius 2 is 0.980 bits per heavy atom. The van der Waals surface area contributed by atoms with Crippen LogP contribution in [0.5, 0.6) is 0 Å². The molecule has 0 N–H and O–H groups in total. The Kier molecular flexibility index (Phi) is 11.1. The first-order valence-electron chi connectivity index (χ1n) is 17.4. The maximum absolute atomic E-state index is 11.9. The van der Waals surface area contributed by atoms with Crippen molar-refractivity contribution in [3.8, 4) is 0 Å². The van der Waals surface area contributed by atoms with Gasteiger partial charge in [-0.05, 0) is 49.2 Å². The van der Waals surface area contributed by atoms with E-state index in [0.29, 0.717) is 19.6 Å². The fourth-order valence-electron chi connectivity index (χ4n) is 7.57. The van der Waals surface area contributed by atoms with Crippen LogP contribution in [0.25, 0.3) is 0 Å². The molecule has 0 unspecified atom stereocenters. The number of carbonyl (C=O) groups excluding carboxylic acids is 1. The predicted octanol–water partition coefficient (Wildman–Crippen LogP) is 7.92. The molecule has 1 aliphatic rings. The van der Waals surface area contributed by atoms with E-state index in [2.05, 4.69) is 175 Å². The van der Waals surface area contributed by atoms with Crippen LogP contribution in [0.15, 0.2) is 145 Å². The van der Waals surface area contributed by atoms with Crippen LogP contribution < -0.4 is 20.7 Å². The second-order valence-corrected chi connectivity index (χ2v) is 24.1. The average molecular weight is 689 g/mol. The van der Waals surface area contributed by atoms with Crippen molar-refractivity contribution in [1.82, 2.24) is 0 Å². The highest BCUT2D eigenvalue weighted by atomic mass is 28.4. The number of esters is 1. The van der Waals surface area contributed by atoms with Gasteiger partial charge in [0.05, 0.1) is 6.26 Å². The molecule has 0 saturated heterocycles. The van der Waals surface area contributed by atoms with Crippen molar-refractivity contribution in [2.75, 3.05) is 13.2 Å². The number of carbonyl (C=O) groups is 1. The predicted molar refractivity (Wildman–Crippen MR) is 208 cm³/mol. The second-order valence-electron chi connectivity index (χ2n) is 15.5. The highest BCUT2D eigenvalue weighted by Gasteiger charge is 2.54. The van der Waals surface area contributed by atoms with Crippen molar-refractivity contribution >= 4 is 43.4 Å². The molecule has 0 aromatic heterocycles. The molecule has 0 spiro atoms. The van der Waals surface area contributed by atoms with Crippen LogP contribution in [0.3, 0.4) is 0 Å². The van der Waals surface area contributed by atoms with Gasteiger partial charge >= 0.3 is 5.97 Å². The lowest BCUT2D eigenvalue weighted by Crippen LogP contribution is -2.68. The lowest BCUT2D eigenvalue weighted by atomic mass is 9.77. The summed E-state index contributed by atoms with van der Waals surface area (Å²) in [6.45, 7) is 16.3. The molecule has 0 saturated carbocycles. The first-order valence-corrected chi connectivity index (χ1v) is 21.2. The topological polar surface area (TPSA) is 44.8 Å². The Labute approximate surface area is 296 Å². The van der Waals surface area contributed by atoms with Crippen LogP contribution in [-0.4, -0.2) is 35.8 Å². The van der Waals surface area contributed by atoms with E-state index in [0.717, 1.165) is 12.0 Å². The molecule has 0 amide bonds. The minimum Gasteiger partial charge on any atom is -0.434 e. The minimum absolute atomic E-state index is 0.170. The van der Waals surface area contributed by atoms with E-state index in [9.17, 15) is 4.79 Å². The summed E-state index contributed by atoms with van der Waals surface area (Å²) in [6.07, 6.45) is 7.32. The van der Waals surface area contributed by atoms with Crippen LogP contribution in [0, 0.1) is 5.41 Å². The van der Waals surface area contributed by atoms with Crippen LogP contribution in [0.4, 0.5) is 0 Å². The van der Waals surface area contributed by atoms with E-state index in [4.69, 9.17) is 13.6 Å². The number of benzene rings is 4. The standard InChI is InChI=1S/C43H52O4Si2/c1-35(44)45-32-36-21-20-30-43(31-36,33-46-48(41(2,3)4,37-22-12-8-13-23-37)38-24-14-9-15-25-38)34-47-49(42(5,6)7,39-26-16-10-17-27-39)40-28-18-11-19-29-40/h8-29,32H,30-31,33-34H2,1-7H3/b36-32+. The van der Waals surface area contributed by atoms with E-state index in [-0.39, 0.29) is 16.0 Å². The largest absolute Gasteiger partial charge is 0.434 e. The fraction of sp³-hybridized carbons (Fsp3) is 0.326. The van der Waals surface area contributed by atoms with E-state index >= 15 is 0 Å². The van der Waals surface area contributed by atoms with Gasteiger partial charge in [-0.15, -0.1) is 0 Å². The number of rotatable bonds is 11. The molecule has 1 aliphatic carbocycles. The highest BCUT2D eigenvalue weighted by molar-refractivity contribution is 7.00. The zero-order chi connectivity index (χ0) is 35.2. The lowest BCUT2D eigenvalue weighted by Gasteiger charge is -2.48. The Morgan fingerprint density at radius 1 is 0.633 bits per heavy atom. The summed E-state index contributed by atoms with van der Waals surface area (Å²) in [7, 11) is -5.70. The van der Waals surface area contributed by atoms with Gasteiger partial charge in [0.1, 0.15) is 0 Å². The third-order valence-electron chi connectivity index (χ3n) is 9.86. The zero-order valence-electron chi connectivity index (χ0n) is 30.2. The number of hydrogen-bond donors (Lipinski definition) is 0. The molecule has 4 aromatic rings. The molecular weight excluding hydrogens is 637 g/mol. The van der Waals surface area contributed by atoms with Gasteiger partial charge in [-0.1, -0.05) is 175 Å². The number of ether oxygens (including phenoxy) is 1. The summed E-state index contributed by atoms with van der Waals surface area (Å²) in [5.41, 5.74) is 0.541. The minimum atomic E-state index is -2.85. The summed E-state index contributed by atoms with van der Waals surface area (Å²) in [5, 5.41) is 4.66. The summed E-state index contributed by atoms with van der Waals surface area (Å²) in [4.78, 5) is 11.9. The van der Waals surface area contributed by atoms with Crippen molar-refractivity contribution < 1.29 is 18.4 Å². The molecule has 0 heterocycles. The maximum atomic E-state index is 11.9. The molecule has 256 valence electrons. The first-order chi connectivity index (χ1) is 23.3. The number of hydrogen-bond acceptors (Lipinski definition) is 4. The van der Waals surface area contributed by atoms with Gasteiger partial charge < -0.3 is 13.6 Å². The quantitative estimate of drug-likeness (QED) is 0.0913. The second kappa shape index (κ2) is 15.0. The molecule has 4 aromatic carbocycles. The van der Waals surface area contributed by atoms with Crippen molar-refractivity contribution in [3.05, 3.63) is 145 Å². The molecule has 0 radical (unpaired) electrons. The Morgan fingerprint density at radius 3 is 1.29 bits per heavy atom.